The van der Waals surface area contributed by atoms with Gasteiger partial charge in [0.05, 0.1) is 12.3 Å². The minimum absolute atomic E-state index is 0.325. The molecule has 0 saturated heterocycles. The van der Waals surface area contributed by atoms with E-state index >= 15 is 0 Å². The van der Waals surface area contributed by atoms with Crippen LogP contribution in [0.2, 0.25) is 10.0 Å². The van der Waals surface area contributed by atoms with Crippen LogP contribution in [0.4, 0.5) is 5.69 Å². The average Bonchev–Trinajstić information content (AvgIpc) is 2.68. The predicted molar refractivity (Wildman–Crippen MR) is 122 cm³/mol. The van der Waals surface area contributed by atoms with Crippen molar-refractivity contribution in [1.82, 2.24) is 0 Å². The molecule has 0 unspecified atom stereocenters. The van der Waals surface area contributed by atoms with E-state index < -0.39 is 0 Å². The minimum Gasteiger partial charge on any atom is -0.490 e. The first kappa shape index (κ1) is 21.2. The highest BCUT2D eigenvalue weighted by molar-refractivity contribution is 6.35. The zero-order valence-corrected chi connectivity index (χ0v) is 18.2. The first-order chi connectivity index (χ1) is 14.0. The van der Waals surface area contributed by atoms with Crippen LogP contribution in [0.5, 0.6) is 11.5 Å². The van der Waals surface area contributed by atoms with E-state index in [-0.39, 0.29) is 0 Å². The lowest BCUT2D eigenvalue weighted by molar-refractivity contribution is 0.269. The highest BCUT2D eigenvalue weighted by Gasteiger charge is 2.08. The van der Waals surface area contributed by atoms with E-state index in [0.29, 0.717) is 34.8 Å². The fourth-order valence-electron chi connectivity index (χ4n) is 2.88. The molecule has 29 heavy (non-hydrogen) atoms. The molecule has 0 atom stereocenters. The minimum atomic E-state index is 0.325. The van der Waals surface area contributed by atoms with E-state index in [1.54, 1.807) is 12.1 Å². The molecule has 0 heterocycles. The molecule has 3 nitrogen and oxygen atoms in total. The Morgan fingerprint density at radius 3 is 2.45 bits per heavy atom. The van der Waals surface area contributed by atoms with E-state index in [0.717, 1.165) is 22.4 Å². The molecule has 0 aromatic heterocycles. The monoisotopic (exact) mass is 427 g/mol. The van der Waals surface area contributed by atoms with Gasteiger partial charge >= 0.3 is 0 Å². The van der Waals surface area contributed by atoms with Crippen molar-refractivity contribution in [2.45, 2.75) is 27.4 Å². The topological polar surface area (TPSA) is 30.8 Å². The van der Waals surface area contributed by atoms with Gasteiger partial charge in [0.15, 0.2) is 11.5 Å². The van der Waals surface area contributed by atoms with Crippen LogP contribution in [-0.4, -0.2) is 12.8 Å². The second-order valence-electron chi connectivity index (χ2n) is 6.71. The molecule has 0 aliphatic rings. The number of aliphatic imine (C=N–C) groups is 1. The second kappa shape index (κ2) is 9.82. The summed E-state index contributed by atoms with van der Waals surface area (Å²) in [7, 11) is 0. The molecule has 3 aromatic rings. The number of halogens is 2. The smallest absolute Gasteiger partial charge is 0.161 e. The third-order valence-electron chi connectivity index (χ3n) is 4.37. The number of benzene rings is 3. The zero-order valence-electron chi connectivity index (χ0n) is 16.7. The number of aryl methyl sites for hydroxylation is 2. The van der Waals surface area contributed by atoms with Crippen molar-refractivity contribution in [3.05, 3.63) is 86.9 Å². The van der Waals surface area contributed by atoms with Gasteiger partial charge in [-0.25, -0.2) is 0 Å². The summed E-state index contributed by atoms with van der Waals surface area (Å²) in [5.41, 5.74) is 5.11. The van der Waals surface area contributed by atoms with Crippen LogP contribution in [-0.2, 0) is 6.61 Å². The van der Waals surface area contributed by atoms with E-state index in [4.69, 9.17) is 32.7 Å². The second-order valence-corrected chi connectivity index (χ2v) is 7.56. The van der Waals surface area contributed by atoms with Gasteiger partial charge in [0.2, 0.25) is 0 Å². The summed E-state index contributed by atoms with van der Waals surface area (Å²) >= 11 is 12.2. The molecule has 0 fully saturated rings. The Balaban J connectivity index is 1.78. The number of nitrogens with zero attached hydrogens (tertiary/aromatic N) is 1. The van der Waals surface area contributed by atoms with Gasteiger partial charge in [0.25, 0.3) is 0 Å². The van der Waals surface area contributed by atoms with Crippen LogP contribution < -0.4 is 9.47 Å². The number of hydrogen-bond acceptors (Lipinski definition) is 3. The van der Waals surface area contributed by atoms with Crippen LogP contribution in [0.1, 0.15) is 29.2 Å². The first-order valence-corrected chi connectivity index (χ1v) is 10.2. The van der Waals surface area contributed by atoms with Gasteiger partial charge in [0.1, 0.15) is 6.61 Å². The molecule has 0 bridgehead atoms. The highest BCUT2D eigenvalue weighted by atomic mass is 35.5. The van der Waals surface area contributed by atoms with Crippen molar-refractivity contribution in [2.24, 2.45) is 4.99 Å². The standard InChI is InChI=1S/C24H23Cl2NO2/c1-4-28-24-12-18(14-27-22-9-5-16(2)11-17(22)3)6-10-23(24)29-15-19-7-8-20(25)13-21(19)26/h5-14H,4,15H2,1-3H3. The maximum absolute atomic E-state index is 6.23. The lowest BCUT2D eigenvalue weighted by atomic mass is 10.1. The molecule has 0 N–H and O–H groups in total. The Kier molecular flexibility index (Phi) is 7.18. The molecule has 150 valence electrons. The fraction of sp³-hybridized carbons (Fsp3) is 0.208. The molecule has 0 spiro atoms. The van der Waals surface area contributed by atoms with Gasteiger partial charge in [-0.05, 0) is 68.3 Å². The lowest BCUT2D eigenvalue weighted by Gasteiger charge is -2.13. The summed E-state index contributed by atoms with van der Waals surface area (Å²) < 4.78 is 11.7. The van der Waals surface area contributed by atoms with Gasteiger partial charge in [-0.1, -0.05) is 47.0 Å². The molecule has 3 rings (SSSR count). The van der Waals surface area contributed by atoms with E-state index in [9.17, 15) is 0 Å². The normalized spacial score (nSPS) is 11.1. The molecule has 0 saturated carbocycles. The summed E-state index contributed by atoms with van der Waals surface area (Å²) in [6.45, 7) is 6.94. The quantitative estimate of drug-likeness (QED) is 0.369. The van der Waals surface area contributed by atoms with Crippen molar-refractivity contribution >= 4 is 35.1 Å². The Hall–Kier alpha value is -2.49. The molecule has 0 radical (unpaired) electrons. The zero-order chi connectivity index (χ0) is 20.8. The number of ether oxygens (including phenoxy) is 2. The molecule has 0 amide bonds. The first-order valence-electron chi connectivity index (χ1n) is 9.41. The summed E-state index contributed by atoms with van der Waals surface area (Å²) in [5, 5.41) is 1.17. The van der Waals surface area contributed by atoms with Crippen molar-refractivity contribution in [1.29, 1.82) is 0 Å². The van der Waals surface area contributed by atoms with Gasteiger partial charge in [-0.2, -0.15) is 0 Å². The Morgan fingerprint density at radius 1 is 0.897 bits per heavy atom. The molecule has 3 aromatic carbocycles. The predicted octanol–water partition coefficient (Wildman–Crippen LogP) is 7.34. The van der Waals surface area contributed by atoms with E-state index in [1.807, 2.05) is 43.5 Å². The Bertz CT molecular complexity index is 1030. The summed E-state index contributed by atoms with van der Waals surface area (Å²) in [5.74, 6) is 1.32. The fourth-order valence-corrected chi connectivity index (χ4v) is 3.34. The van der Waals surface area contributed by atoms with E-state index in [1.165, 1.54) is 5.56 Å². The Morgan fingerprint density at radius 2 is 1.72 bits per heavy atom. The lowest BCUT2D eigenvalue weighted by Crippen LogP contribution is -2.01. The van der Waals surface area contributed by atoms with Crippen molar-refractivity contribution in [3.8, 4) is 11.5 Å². The SMILES string of the molecule is CCOc1cc(C=Nc2ccc(C)cc2C)ccc1OCc1ccc(Cl)cc1Cl. The van der Waals surface area contributed by atoms with Gasteiger partial charge in [-0.15, -0.1) is 0 Å². The van der Waals surface area contributed by atoms with Crippen LogP contribution in [0.25, 0.3) is 0 Å². The molecular weight excluding hydrogens is 405 g/mol. The molecule has 5 heteroatoms. The van der Waals surface area contributed by atoms with Gasteiger partial charge in [0, 0.05) is 21.8 Å². The third kappa shape index (κ3) is 5.75. The number of rotatable bonds is 7. The summed E-state index contributed by atoms with van der Waals surface area (Å²) in [6.07, 6.45) is 1.83. The van der Waals surface area contributed by atoms with Crippen LogP contribution in [0.3, 0.4) is 0 Å². The number of hydrogen-bond donors (Lipinski definition) is 0. The molecule has 0 aliphatic carbocycles. The van der Waals surface area contributed by atoms with Crippen molar-refractivity contribution in [2.75, 3.05) is 6.61 Å². The van der Waals surface area contributed by atoms with Gasteiger partial charge in [-0.3, -0.25) is 4.99 Å². The largest absolute Gasteiger partial charge is 0.490 e. The van der Waals surface area contributed by atoms with Crippen LogP contribution >= 0.6 is 23.2 Å². The summed E-state index contributed by atoms with van der Waals surface area (Å²) in [6, 6.07) is 17.3. The van der Waals surface area contributed by atoms with Crippen molar-refractivity contribution < 1.29 is 9.47 Å². The summed E-state index contributed by atoms with van der Waals surface area (Å²) in [4.78, 5) is 4.61. The van der Waals surface area contributed by atoms with Gasteiger partial charge < -0.3 is 9.47 Å². The maximum Gasteiger partial charge on any atom is 0.161 e. The van der Waals surface area contributed by atoms with Crippen molar-refractivity contribution in [3.63, 3.8) is 0 Å². The van der Waals surface area contributed by atoms with Crippen LogP contribution in [0, 0.1) is 13.8 Å². The van der Waals surface area contributed by atoms with Crippen LogP contribution in [0.15, 0.2) is 59.6 Å². The maximum atomic E-state index is 6.23. The Labute approximate surface area is 181 Å². The highest BCUT2D eigenvalue weighted by Crippen LogP contribution is 2.30. The molecule has 0 aliphatic heterocycles. The third-order valence-corrected chi connectivity index (χ3v) is 4.96. The average molecular weight is 428 g/mol. The molecular formula is C24H23Cl2NO2. The van der Waals surface area contributed by atoms with E-state index in [2.05, 4.69) is 31.0 Å².